The van der Waals surface area contributed by atoms with Gasteiger partial charge in [-0.3, -0.25) is 4.90 Å². The van der Waals surface area contributed by atoms with Crippen molar-refractivity contribution in [2.24, 2.45) is 0 Å². The summed E-state index contributed by atoms with van der Waals surface area (Å²) in [6, 6.07) is 6.16. The number of nitrogens with zero attached hydrogens (tertiary/aromatic N) is 5. The molecule has 2 aromatic carbocycles. The summed E-state index contributed by atoms with van der Waals surface area (Å²) in [5, 5.41) is 15.5. The van der Waals surface area contributed by atoms with E-state index in [-0.39, 0.29) is 75.6 Å². The molecule has 9 rings (SSSR count). The van der Waals surface area contributed by atoms with Gasteiger partial charge in [-0.2, -0.15) is 9.97 Å². The Balaban J connectivity index is 1.26. The van der Waals surface area contributed by atoms with Gasteiger partial charge in [-0.15, -0.1) is 6.42 Å². The van der Waals surface area contributed by atoms with Gasteiger partial charge in [-0.25, -0.2) is 13.8 Å². The molecule has 0 spiro atoms. The zero-order chi connectivity index (χ0) is 32.9. The number of hydrogen-bond acceptors (Lipinski definition) is 9. The Hall–Kier alpha value is -4.79. The van der Waals surface area contributed by atoms with Gasteiger partial charge in [0.15, 0.2) is 5.82 Å². The Morgan fingerprint density at radius 3 is 2.69 bits per heavy atom. The van der Waals surface area contributed by atoms with Gasteiger partial charge in [0.05, 0.1) is 17.7 Å². The lowest BCUT2D eigenvalue weighted by molar-refractivity contribution is 0.108. The van der Waals surface area contributed by atoms with Crippen molar-refractivity contribution in [2.45, 2.75) is 55.8 Å². The predicted molar refractivity (Wildman–Crippen MR) is 178 cm³/mol. The monoisotopic (exact) mass is 648 g/mol. The van der Waals surface area contributed by atoms with Crippen molar-refractivity contribution >= 4 is 27.5 Å². The summed E-state index contributed by atoms with van der Waals surface area (Å²) in [6.45, 7) is 11.3. The fourth-order valence-corrected chi connectivity index (χ4v) is 8.83. The van der Waals surface area contributed by atoms with E-state index in [1.54, 1.807) is 0 Å². The van der Waals surface area contributed by atoms with Crippen LogP contribution in [0.5, 0.6) is 17.6 Å². The number of aromatic nitrogens is 3. The second-order valence-electron chi connectivity index (χ2n) is 13.9. The van der Waals surface area contributed by atoms with E-state index < -0.39 is 11.6 Å². The summed E-state index contributed by atoms with van der Waals surface area (Å²) < 4.78 is 44.9. The number of nitrogens with one attached hydrogen (secondary N) is 1. The van der Waals surface area contributed by atoms with Crippen molar-refractivity contribution in [3.8, 4) is 41.2 Å². The van der Waals surface area contributed by atoms with Gasteiger partial charge in [-0.05, 0) is 49.3 Å². The van der Waals surface area contributed by atoms with E-state index in [0.29, 0.717) is 36.2 Å². The maximum Gasteiger partial charge on any atom is 0.319 e. The highest BCUT2D eigenvalue weighted by molar-refractivity contribution is 6.04. The minimum Gasteiger partial charge on any atom is -0.508 e. The highest BCUT2D eigenvalue weighted by Gasteiger charge is 2.48. The van der Waals surface area contributed by atoms with Crippen LogP contribution < -0.4 is 19.7 Å². The first-order chi connectivity index (χ1) is 23.2. The van der Waals surface area contributed by atoms with Crippen LogP contribution in [0.2, 0.25) is 0 Å². The van der Waals surface area contributed by atoms with Crippen LogP contribution in [0, 0.1) is 24.0 Å². The largest absolute Gasteiger partial charge is 0.508 e. The topological polar surface area (TPSA) is 95.9 Å². The van der Waals surface area contributed by atoms with Crippen molar-refractivity contribution in [1.29, 1.82) is 0 Å². The summed E-state index contributed by atoms with van der Waals surface area (Å²) in [7, 11) is 0. The second-order valence-corrected chi connectivity index (χ2v) is 13.9. The Bertz CT molecular complexity index is 2110. The summed E-state index contributed by atoms with van der Waals surface area (Å²) >= 11 is 0. The maximum absolute atomic E-state index is 17.2. The number of anilines is 1. The normalized spacial score (nSPS) is 24.3. The first-order valence-electron chi connectivity index (χ1n) is 16.4. The average molecular weight is 649 g/mol. The molecule has 5 aliphatic rings. The molecule has 2 N–H and O–H groups in total. The number of pyridine rings is 1. The number of benzene rings is 2. The highest BCUT2D eigenvalue weighted by atomic mass is 19.1. The Labute approximate surface area is 276 Å². The van der Waals surface area contributed by atoms with Crippen molar-refractivity contribution in [3.05, 3.63) is 65.8 Å². The molecule has 9 nitrogen and oxygen atoms in total. The quantitative estimate of drug-likeness (QED) is 0.228. The fraction of sp³-hybridized carbons (Fsp3) is 0.378. The van der Waals surface area contributed by atoms with Crippen LogP contribution in [-0.2, 0) is 0 Å². The summed E-state index contributed by atoms with van der Waals surface area (Å²) in [5.74, 6) is 1.51. The predicted octanol–water partition coefficient (Wildman–Crippen LogP) is 5.24. The summed E-state index contributed by atoms with van der Waals surface area (Å²) in [4.78, 5) is 18.9. The van der Waals surface area contributed by atoms with E-state index >= 15 is 8.78 Å². The van der Waals surface area contributed by atoms with Crippen LogP contribution in [0.3, 0.4) is 0 Å². The number of phenols is 1. The van der Waals surface area contributed by atoms with Crippen LogP contribution in [0.1, 0.15) is 37.7 Å². The molecule has 48 heavy (non-hydrogen) atoms. The zero-order valence-electron chi connectivity index (χ0n) is 26.4. The van der Waals surface area contributed by atoms with Crippen molar-refractivity contribution in [2.75, 3.05) is 37.7 Å². The van der Waals surface area contributed by atoms with Crippen LogP contribution >= 0.6 is 0 Å². The molecule has 4 saturated heterocycles. The molecular formula is C37H34F2N6O3. The van der Waals surface area contributed by atoms with E-state index in [1.807, 2.05) is 0 Å². The Morgan fingerprint density at radius 1 is 1.08 bits per heavy atom. The van der Waals surface area contributed by atoms with Crippen molar-refractivity contribution < 1.29 is 23.4 Å². The smallest absolute Gasteiger partial charge is 0.319 e. The number of rotatable bonds is 4. The number of hydrogen-bond donors (Lipinski definition) is 2. The molecule has 4 fully saturated rings. The molecule has 11 heteroatoms. The van der Waals surface area contributed by atoms with Crippen LogP contribution in [0.25, 0.3) is 32.9 Å². The molecule has 0 unspecified atom stereocenters. The molecule has 2 bridgehead atoms. The molecular weight excluding hydrogens is 614 g/mol. The van der Waals surface area contributed by atoms with E-state index in [0.717, 1.165) is 49.9 Å². The van der Waals surface area contributed by atoms with E-state index in [4.69, 9.17) is 25.9 Å². The van der Waals surface area contributed by atoms with Crippen molar-refractivity contribution in [1.82, 2.24) is 25.2 Å². The molecule has 2 aromatic heterocycles. The third kappa shape index (κ3) is 4.39. The van der Waals surface area contributed by atoms with Crippen LogP contribution in [0.4, 0.5) is 14.6 Å². The standard InChI is InChI=1S/C37H34F2N6O3/c1-4-24-26(38)7-5-21-11-23(46)12-25(29(21)24)32-31(39)33-30-34(45-17-22-6-8-27(40-22)28(45)9-10-47-35(30)41-32)43-36(42-33)48-18-37-13-19(2)15-44(37)16-20(3)14-37/h1,5,7,11-12,22,27-28,40,46H,2-3,6,8-10,13-18H2/t22-,27+,28-/m1/s1. The number of fused-ring (bicyclic) bond motifs is 7. The van der Waals surface area contributed by atoms with Gasteiger partial charge in [0.1, 0.15) is 40.6 Å². The van der Waals surface area contributed by atoms with Gasteiger partial charge >= 0.3 is 6.01 Å². The molecule has 0 saturated carbocycles. The number of ether oxygens (including phenoxy) is 2. The molecule has 0 aliphatic carbocycles. The van der Waals surface area contributed by atoms with E-state index in [2.05, 4.69) is 39.2 Å². The SMILES string of the molecule is C#Cc1c(F)ccc2cc(O)cc(-c3nc4c5c(nc(OCC67CC(=C)CN6CC(=C)C7)nc5c3F)N3C[C@H]5CC[C@H](N5)[C@H]3CCO4)c12. The summed E-state index contributed by atoms with van der Waals surface area (Å²) in [6.07, 6.45) is 10.1. The molecule has 0 radical (unpaired) electrons. The lowest BCUT2D eigenvalue weighted by atomic mass is 9.92. The van der Waals surface area contributed by atoms with E-state index in [9.17, 15) is 5.11 Å². The second kappa shape index (κ2) is 10.6. The maximum atomic E-state index is 17.2. The number of piperazine rings is 1. The third-order valence-electron chi connectivity index (χ3n) is 10.8. The molecule has 3 atom stereocenters. The van der Waals surface area contributed by atoms with Gasteiger partial charge in [0, 0.05) is 55.1 Å². The lowest BCUT2D eigenvalue weighted by Crippen LogP contribution is -2.59. The number of aromatic hydroxyl groups is 1. The average Bonchev–Trinajstić information content (AvgIpc) is 3.69. The Morgan fingerprint density at radius 2 is 1.90 bits per heavy atom. The number of terminal acetylenes is 1. The van der Waals surface area contributed by atoms with Gasteiger partial charge in [0.2, 0.25) is 5.88 Å². The third-order valence-corrected chi connectivity index (χ3v) is 10.8. The fourth-order valence-electron chi connectivity index (χ4n) is 8.83. The van der Waals surface area contributed by atoms with E-state index in [1.165, 1.54) is 24.3 Å². The van der Waals surface area contributed by atoms with Crippen LogP contribution in [0.15, 0.2) is 48.6 Å². The van der Waals surface area contributed by atoms with Gasteiger partial charge in [0.25, 0.3) is 0 Å². The number of halogens is 2. The summed E-state index contributed by atoms with van der Waals surface area (Å²) in [5.41, 5.74) is 1.84. The molecule has 7 heterocycles. The number of phenolic OH excluding ortho intramolecular Hbond substituents is 1. The first kappa shape index (κ1) is 29.4. The molecule has 4 aromatic rings. The Kier molecular flexibility index (Phi) is 6.49. The van der Waals surface area contributed by atoms with Crippen molar-refractivity contribution in [3.63, 3.8) is 0 Å². The molecule has 0 amide bonds. The first-order valence-corrected chi connectivity index (χ1v) is 16.4. The van der Waals surface area contributed by atoms with Crippen LogP contribution in [-0.4, -0.2) is 81.5 Å². The minimum absolute atomic E-state index is 0.0299. The molecule has 5 aliphatic heterocycles. The zero-order valence-corrected chi connectivity index (χ0v) is 26.4. The van der Waals surface area contributed by atoms with Gasteiger partial charge < -0.3 is 24.8 Å². The molecule has 244 valence electrons. The highest BCUT2D eigenvalue weighted by Crippen LogP contribution is 2.46. The minimum atomic E-state index is -0.775. The lowest BCUT2D eigenvalue weighted by Gasteiger charge is -2.43. The van der Waals surface area contributed by atoms with Gasteiger partial charge in [-0.1, -0.05) is 36.3 Å².